The Kier molecular flexibility index (Phi) is 9.21. The molecule has 5 heteroatoms. The van der Waals surface area contributed by atoms with Crippen molar-refractivity contribution in [2.45, 2.75) is 71.0 Å². The van der Waals surface area contributed by atoms with Crippen molar-refractivity contribution in [3.63, 3.8) is 0 Å². The number of allylic oxidation sites excluding steroid dienone is 1. The zero-order chi connectivity index (χ0) is 20.4. The van der Waals surface area contributed by atoms with Gasteiger partial charge in [-0.25, -0.2) is 9.59 Å². The zero-order valence-corrected chi connectivity index (χ0v) is 17.2. The van der Waals surface area contributed by atoms with E-state index in [0.717, 1.165) is 12.8 Å². The average Bonchev–Trinajstić information content (AvgIpc) is 2.66. The van der Waals surface area contributed by atoms with Crippen molar-refractivity contribution in [3.8, 4) is 0 Å². The van der Waals surface area contributed by atoms with E-state index < -0.39 is 11.9 Å². The highest BCUT2D eigenvalue weighted by atomic mass is 16.5. The van der Waals surface area contributed by atoms with Gasteiger partial charge in [0.05, 0.1) is 30.9 Å². The highest BCUT2D eigenvalue weighted by Crippen LogP contribution is 2.18. The van der Waals surface area contributed by atoms with Crippen LogP contribution in [-0.2, 0) is 14.2 Å². The number of rotatable bonds is 8. The summed E-state index contributed by atoms with van der Waals surface area (Å²) in [6, 6.07) is 6.36. The van der Waals surface area contributed by atoms with E-state index in [2.05, 4.69) is 10.8 Å². The summed E-state index contributed by atoms with van der Waals surface area (Å²) in [5.74, 6) is -0.929. The van der Waals surface area contributed by atoms with Crippen LogP contribution in [0, 0.1) is 0 Å². The lowest BCUT2D eigenvalue weighted by molar-refractivity contribution is 0.00797. The summed E-state index contributed by atoms with van der Waals surface area (Å²) in [7, 11) is 1.31. The van der Waals surface area contributed by atoms with Crippen molar-refractivity contribution in [1.29, 1.82) is 0 Å². The molecule has 0 aliphatic heterocycles. The quantitative estimate of drug-likeness (QED) is 0.458. The molecule has 0 spiro atoms. The molecule has 5 nitrogen and oxygen atoms in total. The molecule has 154 valence electrons. The number of methoxy groups -OCH3 is 1. The molecule has 0 aromatic heterocycles. The van der Waals surface area contributed by atoms with E-state index in [1.54, 1.807) is 18.2 Å². The molecule has 0 bridgehead atoms. The van der Waals surface area contributed by atoms with Crippen LogP contribution in [0.2, 0.25) is 0 Å². The van der Waals surface area contributed by atoms with E-state index in [-0.39, 0.29) is 12.2 Å². The minimum absolute atomic E-state index is 0.00413. The van der Waals surface area contributed by atoms with E-state index in [4.69, 9.17) is 9.47 Å². The molecule has 0 fully saturated rings. The van der Waals surface area contributed by atoms with Gasteiger partial charge in [0.25, 0.3) is 0 Å². The van der Waals surface area contributed by atoms with E-state index in [1.165, 1.54) is 44.4 Å². The third-order valence-corrected chi connectivity index (χ3v) is 4.93. The first-order chi connectivity index (χ1) is 13.5. The summed E-state index contributed by atoms with van der Waals surface area (Å²) < 4.78 is 16.2. The van der Waals surface area contributed by atoms with Gasteiger partial charge in [-0.3, -0.25) is 0 Å². The smallest absolute Gasteiger partial charge is 0.338 e. The lowest BCUT2D eigenvalue weighted by Gasteiger charge is -2.20. The van der Waals surface area contributed by atoms with Crippen LogP contribution in [0.25, 0.3) is 0 Å². The molecule has 0 saturated heterocycles. The minimum Gasteiger partial charge on any atom is -0.465 e. The van der Waals surface area contributed by atoms with Gasteiger partial charge >= 0.3 is 11.9 Å². The van der Waals surface area contributed by atoms with Crippen molar-refractivity contribution >= 4 is 11.9 Å². The zero-order valence-electron chi connectivity index (χ0n) is 17.2. The number of carbonyl (C=O) groups is 2. The molecule has 1 aliphatic rings. The second kappa shape index (κ2) is 11.6. The maximum Gasteiger partial charge on any atom is 0.338 e. The Labute approximate surface area is 168 Å². The number of esters is 2. The van der Waals surface area contributed by atoms with Crippen LogP contribution >= 0.6 is 0 Å². The topological polar surface area (TPSA) is 61.8 Å². The Morgan fingerprint density at radius 1 is 1.00 bits per heavy atom. The van der Waals surface area contributed by atoms with Gasteiger partial charge in [0.1, 0.15) is 6.10 Å². The van der Waals surface area contributed by atoms with E-state index in [0.29, 0.717) is 24.2 Å². The summed E-state index contributed by atoms with van der Waals surface area (Å²) in [4.78, 5) is 24.0. The van der Waals surface area contributed by atoms with Crippen LogP contribution in [0.4, 0.5) is 0 Å². The third kappa shape index (κ3) is 7.47. The number of carbonyl (C=O) groups excluding carboxylic acids is 2. The van der Waals surface area contributed by atoms with Gasteiger partial charge in [-0.15, -0.1) is 0 Å². The molecule has 0 heterocycles. The molecule has 0 amide bonds. The van der Waals surface area contributed by atoms with Crippen LogP contribution in [0.5, 0.6) is 0 Å². The molecule has 0 saturated carbocycles. The molecule has 1 aromatic carbocycles. The van der Waals surface area contributed by atoms with E-state index in [1.807, 2.05) is 13.8 Å². The van der Waals surface area contributed by atoms with Gasteiger partial charge < -0.3 is 14.2 Å². The number of hydrogen-bond acceptors (Lipinski definition) is 5. The number of benzene rings is 1. The number of hydrogen-bond donors (Lipinski definition) is 0. The van der Waals surface area contributed by atoms with Crippen LogP contribution in [0.15, 0.2) is 35.9 Å². The molecule has 1 aliphatic carbocycles. The Morgan fingerprint density at radius 2 is 1.71 bits per heavy atom. The van der Waals surface area contributed by atoms with Crippen LogP contribution in [-0.4, -0.2) is 37.9 Å². The largest absolute Gasteiger partial charge is 0.465 e. The van der Waals surface area contributed by atoms with Gasteiger partial charge in [-0.1, -0.05) is 25.0 Å². The second-order valence-electron chi connectivity index (χ2n) is 7.46. The molecule has 28 heavy (non-hydrogen) atoms. The Hall–Kier alpha value is -2.14. The summed E-state index contributed by atoms with van der Waals surface area (Å²) in [6.45, 7) is 4.52. The molecule has 0 N–H and O–H groups in total. The Morgan fingerprint density at radius 3 is 2.46 bits per heavy atom. The van der Waals surface area contributed by atoms with Crippen molar-refractivity contribution in [1.82, 2.24) is 0 Å². The first-order valence-electron chi connectivity index (χ1n) is 10.2. The number of ether oxygens (including phenoxy) is 3. The SMILES string of the molecule is COC(=O)c1cccc(C(=O)O[C@H](C)C[C@@H](C)OC/C2=C/CCCCCC2)c1. The predicted octanol–water partition coefficient (Wildman–Crippen LogP) is 5.09. The molecular weight excluding hydrogens is 356 g/mol. The minimum atomic E-state index is -0.478. The fourth-order valence-electron chi connectivity index (χ4n) is 3.36. The molecule has 1 aromatic rings. The molecule has 2 atom stereocenters. The first kappa shape index (κ1) is 22.2. The summed E-state index contributed by atoms with van der Waals surface area (Å²) in [5, 5.41) is 0. The van der Waals surface area contributed by atoms with Crippen molar-refractivity contribution in [3.05, 3.63) is 47.0 Å². The Balaban J connectivity index is 1.79. The standard InChI is InChI=1S/C23H32O5/c1-17(27-16-19-10-7-5-4-6-8-11-19)14-18(2)28-23(25)21-13-9-12-20(15-21)22(24)26-3/h9-10,12-13,15,17-18H,4-8,11,14,16H2,1-3H3/b19-10+/t17-,18-/m1/s1. The van der Waals surface area contributed by atoms with Crippen molar-refractivity contribution < 1.29 is 23.8 Å². The maximum absolute atomic E-state index is 12.4. The molecular formula is C23H32O5. The predicted molar refractivity (Wildman–Crippen MR) is 108 cm³/mol. The van der Waals surface area contributed by atoms with Crippen molar-refractivity contribution in [2.75, 3.05) is 13.7 Å². The highest BCUT2D eigenvalue weighted by molar-refractivity contribution is 5.95. The fourth-order valence-corrected chi connectivity index (χ4v) is 3.36. The summed E-state index contributed by atoms with van der Waals surface area (Å²) in [5.41, 5.74) is 2.05. The normalized spacial score (nSPS) is 18.8. The average molecular weight is 389 g/mol. The molecule has 2 rings (SSSR count). The van der Waals surface area contributed by atoms with Crippen LogP contribution in [0.1, 0.15) is 79.5 Å². The van der Waals surface area contributed by atoms with Crippen LogP contribution in [0.3, 0.4) is 0 Å². The van der Waals surface area contributed by atoms with Gasteiger partial charge in [-0.05, 0) is 63.3 Å². The van der Waals surface area contributed by atoms with Gasteiger partial charge in [-0.2, -0.15) is 0 Å². The monoisotopic (exact) mass is 388 g/mol. The van der Waals surface area contributed by atoms with Crippen molar-refractivity contribution in [2.24, 2.45) is 0 Å². The van der Waals surface area contributed by atoms with Crippen LogP contribution < -0.4 is 0 Å². The lowest BCUT2D eigenvalue weighted by Crippen LogP contribution is -2.22. The summed E-state index contributed by atoms with van der Waals surface area (Å²) >= 11 is 0. The van der Waals surface area contributed by atoms with Gasteiger partial charge in [0.2, 0.25) is 0 Å². The molecule has 0 radical (unpaired) electrons. The molecule has 0 unspecified atom stereocenters. The third-order valence-electron chi connectivity index (χ3n) is 4.93. The highest BCUT2D eigenvalue weighted by Gasteiger charge is 2.17. The van der Waals surface area contributed by atoms with E-state index in [9.17, 15) is 9.59 Å². The second-order valence-corrected chi connectivity index (χ2v) is 7.46. The lowest BCUT2D eigenvalue weighted by atomic mass is 10.0. The summed E-state index contributed by atoms with van der Waals surface area (Å²) in [6.07, 6.45) is 10.1. The fraction of sp³-hybridized carbons (Fsp3) is 0.565. The van der Waals surface area contributed by atoms with Gasteiger partial charge in [0.15, 0.2) is 0 Å². The first-order valence-corrected chi connectivity index (χ1v) is 10.2. The van der Waals surface area contributed by atoms with Gasteiger partial charge in [0, 0.05) is 6.42 Å². The Bertz CT molecular complexity index is 679. The van der Waals surface area contributed by atoms with E-state index >= 15 is 0 Å². The maximum atomic E-state index is 12.4.